The van der Waals surface area contributed by atoms with E-state index in [0.29, 0.717) is 30.4 Å². The highest BCUT2D eigenvalue weighted by atomic mass is 16.5. The monoisotopic (exact) mass is 465 g/mol. The molecule has 35 heavy (non-hydrogen) atoms. The second-order valence-corrected chi connectivity index (χ2v) is 9.38. The summed E-state index contributed by atoms with van der Waals surface area (Å²) < 4.78 is 5.73. The van der Waals surface area contributed by atoms with Crippen LogP contribution in [-0.2, 0) is 0 Å². The highest BCUT2D eigenvalue weighted by Crippen LogP contribution is 2.38. The van der Waals surface area contributed by atoms with Gasteiger partial charge in [0.2, 0.25) is 5.88 Å². The van der Waals surface area contributed by atoms with Gasteiger partial charge >= 0.3 is 0 Å². The van der Waals surface area contributed by atoms with Gasteiger partial charge in [-0.05, 0) is 73.6 Å². The molecule has 1 aliphatic carbocycles. The first kappa shape index (κ1) is 23.0. The molecule has 1 fully saturated rings. The van der Waals surface area contributed by atoms with Gasteiger partial charge in [0.05, 0.1) is 23.4 Å². The fraction of sp³-hybridized carbons (Fsp3) is 0.300. The van der Waals surface area contributed by atoms with Crippen LogP contribution < -0.4 is 10.1 Å². The van der Waals surface area contributed by atoms with E-state index in [1.54, 1.807) is 6.20 Å². The van der Waals surface area contributed by atoms with Crippen LogP contribution in [0.25, 0.3) is 22.0 Å². The number of aromatic nitrogens is 2. The van der Waals surface area contributed by atoms with Crippen LogP contribution in [0.3, 0.4) is 0 Å². The smallest absolute Gasteiger partial charge is 0.213 e. The Hall–Kier alpha value is -3.73. The number of rotatable bonds is 10. The maximum atomic E-state index is 13.2. The first-order valence-electron chi connectivity index (χ1n) is 12.5. The Bertz CT molecular complexity index is 1330. The van der Waals surface area contributed by atoms with Crippen molar-refractivity contribution >= 4 is 28.1 Å². The van der Waals surface area contributed by atoms with Crippen LogP contribution in [-0.4, -0.2) is 22.4 Å². The van der Waals surface area contributed by atoms with Crippen LogP contribution in [0, 0.1) is 12.8 Å². The van der Waals surface area contributed by atoms with Gasteiger partial charge in [-0.1, -0.05) is 31.5 Å². The number of carbonyl (C=O) groups is 1. The van der Waals surface area contributed by atoms with Crippen LogP contribution in [0.4, 0.5) is 11.4 Å². The number of hydrogen-bond acceptors (Lipinski definition) is 5. The minimum atomic E-state index is 0.151. The molecule has 2 heterocycles. The van der Waals surface area contributed by atoms with Gasteiger partial charge in [0.25, 0.3) is 0 Å². The van der Waals surface area contributed by atoms with Gasteiger partial charge in [-0.25, -0.2) is 4.98 Å². The SMILES string of the molecule is CCCCOc1ccc(-c2cc3c(Nc4ccccc4)c(C(=O)CC4CC4)cnc3cc2C)cn1. The molecule has 2 aromatic heterocycles. The normalized spacial score (nSPS) is 13.1. The van der Waals surface area contributed by atoms with E-state index >= 15 is 0 Å². The number of fused-ring (bicyclic) bond motifs is 1. The Morgan fingerprint density at radius 2 is 1.89 bits per heavy atom. The molecule has 0 spiro atoms. The Kier molecular flexibility index (Phi) is 6.75. The van der Waals surface area contributed by atoms with Gasteiger partial charge in [0.15, 0.2) is 5.78 Å². The zero-order valence-corrected chi connectivity index (χ0v) is 20.4. The second-order valence-electron chi connectivity index (χ2n) is 9.38. The number of Topliss-reactive ketones (excluding diaryl/α,β-unsaturated/α-hetero) is 1. The summed E-state index contributed by atoms with van der Waals surface area (Å²) in [6.45, 7) is 4.90. The Morgan fingerprint density at radius 1 is 1.06 bits per heavy atom. The zero-order valence-electron chi connectivity index (χ0n) is 20.4. The number of nitrogens with zero attached hydrogens (tertiary/aromatic N) is 2. The average Bonchev–Trinajstić information content (AvgIpc) is 3.69. The predicted molar refractivity (Wildman–Crippen MR) is 142 cm³/mol. The molecule has 5 nitrogen and oxygen atoms in total. The average molecular weight is 466 g/mol. The van der Waals surface area contributed by atoms with Crippen LogP contribution in [0.15, 0.2) is 67.0 Å². The van der Waals surface area contributed by atoms with E-state index in [-0.39, 0.29) is 5.78 Å². The fourth-order valence-electron chi connectivity index (χ4n) is 4.31. The highest BCUT2D eigenvalue weighted by molar-refractivity contribution is 6.10. The molecule has 5 rings (SSSR count). The quantitative estimate of drug-likeness (QED) is 0.194. The molecule has 1 N–H and O–H groups in total. The molecule has 0 bridgehead atoms. The maximum absolute atomic E-state index is 13.2. The number of ether oxygens (including phenoxy) is 1. The standard InChI is InChI=1S/C30H31N3O2/c1-3-4-14-35-29-13-12-22(18-32-29)24-17-25-27(15-20(24)2)31-19-26(28(34)16-21-10-11-21)30(25)33-23-8-6-5-7-9-23/h5-9,12-13,15,17-19,21H,3-4,10-11,14,16H2,1-2H3,(H,31,33). The fourth-order valence-corrected chi connectivity index (χ4v) is 4.31. The first-order chi connectivity index (χ1) is 17.1. The summed E-state index contributed by atoms with van der Waals surface area (Å²) in [5.41, 5.74) is 6.45. The van der Waals surface area contributed by atoms with Gasteiger partial charge in [0.1, 0.15) is 0 Å². The maximum Gasteiger partial charge on any atom is 0.213 e. The van der Waals surface area contributed by atoms with Crippen LogP contribution in [0.2, 0.25) is 0 Å². The molecule has 0 saturated heterocycles. The van der Waals surface area contributed by atoms with Crippen molar-refractivity contribution in [3.05, 3.63) is 78.1 Å². The van der Waals surface area contributed by atoms with Crippen molar-refractivity contribution < 1.29 is 9.53 Å². The lowest BCUT2D eigenvalue weighted by Crippen LogP contribution is -2.07. The number of anilines is 2. The minimum absolute atomic E-state index is 0.151. The molecule has 178 valence electrons. The van der Waals surface area contributed by atoms with Crippen molar-refractivity contribution in [3.8, 4) is 17.0 Å². The van der Waals surface area contributed by atoms with Crippen molar-refractivity contribution in [3.63, 3.8) is 0 Å². The molecule has 0 aliphatic heterocycles. The topological polar surface area (TPSA) is 64.1 Å². The predicted octanol–water partition coefficient (Wildman–Crippen LogP) is 7.51. The van der Waals surface area contributed by atoms with Crippen molar-refractivity contribution in [2.24, 2.45) is 5.92 Å². The number of pyridine rings is 2. The number of para-hydroxylation sites is 1. The zero-order chi connectivity index (χ0) is 24.2. The van der Waals surface area contributed by atoms with E-state index in [0.717, 1.165) is 64.7 Å². The summed E-state index contributed by atoms with van der Waals surface area (Å²) >= 11 is 0. The molecule has 2 aromatic carbocycles. The molecular weight excluding hydrogens is 434 g/mol. The lowest BCUT2D eigenvalue weighted by Gasteiger charge is -2.16. The largest absolute Gasteiger partial charge is 0.478 e. The third kappa shape index (κ3) is 5.35. The Labute approximate surface area is 206 Å². The summed E-state index contributed by atoms with van der Waals surface area (Å²) in [4.78, 5) is 22.4. The molecule has 0 unspecified atom stereocenters. The summed E-state index contributed by atoms with van der Waals surface area (Å²) in [6, 6.07) is 18.2. The van der Waals surface area contributed by atoms with Crippen molar-refractivity contribution in [2.75, 3.05) is 11.9 Å². The van der Waals surface area contributed by atoms with E-state index < -0.39 is 0 Å². The van der Waals surface area contributed by atoms with Gasteiger partial charge in [-0.2, -0.15) is 0 Å². The number of carbonyl (C=O) groups excluding carboxylic acids is 1. The summed E-state index contributed by atoms with van der Waals surface area (Å²) in [6.07, 6.45) is 8.56. The molecule has 1 aliphatic rings. The van der Waals surface area contributed by atoms with E-state index in [4.69, 9.17) is 4.74 Å². The molecule has 1 saturated carbocycles. The molecule has 5 heteroatoms. The molecule has 0 amide bonds. The van der Waals surface area contributed by atoms with Gasteiger partial charge < -0.3 is 10.1 Å². The number of aryl methyl sites for hydroxylation is 1. The van der Waals surface area contributed by atoms with E-state index in [9.17, 15) is 4.79 Å². The third-order valence-corrected chi connectivity index (χ3v) is 6.52. The van der Waals surface area contributed by atoms with Crippen molar-refractivity contribution in [1.29, 1.82) is 0 Å². The molecule has 0 radical (unpaired) electrons. The van der Waals surface area contributed by atoms with Crippen LogP contribution in [0.5, 0.6) is 5.88 Å². The highest BCUT2D eigenvalue weighted by Gasteiger charge is 2.27. The number of unbranched alkanes of at least 4 members (excludes halogenated alkanes) is 1. The van der Waals surface area contributed by atoms with E-state index in [2.05, 4.69) is 41.3 Å². The summed E-state index contributed by atoms with van der Waals surface area (Å²) in [5, 5.41) is 4.46. The Morgan fingerprint density at radius 3 is 2.60 bits per heavy atom. The molecule has 4 aromatic rings. The molecular formula is C30H31N3O2. The van der Waals surface area contributed by atoms with E-state index in [1.165, 1.54) is 0 Å². The minimum Gasteiger partial charge on any atom is -0.478 e. The van der Waals surface area contributed by atoms with Crippen molar-refractivity contribution in [2.45, 2.75) is 46.0 Å². The number of hydrogen-bond donors (Lipinski definition) is 1. The third-order valence-electron chi connectivity index (χ3n) is 6.52. The van der Waals surface area contributed by atoms with Crippen molar-refractivity contribution in [1.82, 2.24) is 9.97 Å². The van der Waals surface area contributed by atoms with Gasteiger partial charge in [0, 0.05) is 41.5 Å². The number of ketones is 1. The van der Waals surface area contributed by atoms with E-state index in [1.807, 2.05) is 48.7 Å². The van der Waals surface area contributed by atoms with Gasteiger partial charge in [-0.3, -0.25) is 9.78 Å². The van der Waals surface area contributed by atoms with Crippen LogP contribution >= 0.6 is 0 Å². The Balaban J connectivity index is 1.56. The summed E-state index contributed by atoms with van der Waals surface area (Å²) in [7, 11) is 0. The number of benzene rings is 2. The lowest BCUT2D eigenvalue weighted by atomic mass is 9.96. The molecule has 0 atom stereocenters. The lowest BCUT2D eigenvalue weighted by molar-refractivity contribution is 0.0976. The summed E-state index contributed by atoms with van der Waals surface area (Å²) in [5.74, 6) is 1.31. The number of nitrogens with one attached hydrogen (secondary N) is 1. The first-order valence-corrected chi connectivity index (χ1v) is 12.5. The second kappa shape index (κ2) is 10.3. The van der Waals surface area contributed by atoms with Crippen LogP contribution in [0.1, 0.15) is 54.9 Å². The van der Waals surface area contributed by atoms with Gasteiger partial charge in [-0.15, -0.1) is 0 Å².